The molecule has 1 aromatic carbocycles. The first kappa shape index (κ1) is 12.6. The fourth-order valence-electron chi connectivity index (χ4n) is 0.859. The smallest absolute Gasteiger partial charge is 0.257 e. The van der Waals surface area contributed by atoms with E-state index in [1.807, 2.05) is 0 Å². The van der Waals surface area contributed by atoms with Crippen LogP contribution >= 0.6 is 24.0 Å². The van der Waals surface area contributed by atoms with Crippen LogP contribution in [0.3, 0.4) is 0 Å². The highest BCUT2D eigenvalue weighted by molar-refractivity contribution is 6.30. The first-order chi connectivity index (χ1) is 5.61. The number of rotatable bonds is 2. The van der Waals surface area contributed by atoms with Gasteiger partial charge in [-0.25, -0.2) is 8.78 Å². The van der Waals surface area contributed by atoms with E-state index in [1.54, 1.807) is 12.1 Å². The summed E-state index contributed by atoms with van der Waals surface area (Å²) in [4.78, 5) is 0. The summed E-state index contributed by atoms with van der Waals surface area (Å²) in [6, 6.07) is 4.94. The third-order valence-electron chi connectivity index (χ3n) is 1.51. The van der Waals surface area contributed by atoms with Crippen LogP contribution in [0.2, 0.25) is 5.02 Å². The molecule has 13 heavy (non-hydrogen) atoms. The van der Waals surface area contributed by atoms with E-state index in [2.05, 4.69) is 0 Å². The van der Waals surface area contributed by atoms with E-state index in [-0.39, 0.29) is 12.4 Å². The van der Waals surface area contributed by atoms with Gasteiger partial charge in [0.15, 0.2) is 0 Å². The molecule has 0 aromatic heterocycles. The van der Waals surface area contributed by atoms with Gasteiger partial charge in [-0.15, -0.1) is 12.4 Å². The molecule has 0 heterocycles. The molecule has 74 valence electrons. The maximum Gasteiger partial charge on any atom is 0.257 e. The average Bonchev–Trinajstić information content (AvgIpc) is 2.03. The normalized spacial score (nSPS) is 12.4. The zero-order valence-electron chi connectivity index (χ0n) is 6.58. The van der Waals surface area contributed by atoms with Crippen LogP contribution in [-0.2, 0) is 0 Å². The summed E-state index contributed by atoms with van der Waals surface area (Å²) in [5.41, 5.74) is 5.56. The Bertz CT molecular complexity index is 268. The molecule has 0 unspecified atom stereocenters. The lowest BCUT2D eigenvalue weighted by molar-refractivity contribution is 0.116. The van der Waals surface area contributed by atoms with Crippen LogP contribution in [0.5, 0.6) is 0 Å². The van der Waals surface area contributed by atoms with Gasteiger partial charge in [0.1, 0.15) is 0 Å². The number of alkyl halides is 2. The Morgan fingerprint density at radius 3 is 2.38 bits per heavy atom. The van der Waals surface area contributed by atoms with Crippen molar-refractivity contribution in [3.63, 3.8) is 0 Å². The van der Waals surface area contributed by atoms with Crippen LogP contribution in [0.15, 0.2) is 24.3 Å². The Kier molecular flexibility index (Phi) is 5.21. The fourth-order valence-corrected chi connectivity index (χ4v) is 1.06. The molecule has 0 saturated carbocycles. The largest absolute Gasteiger partial charge is 0.319 e. The first-order valence-corrected chi connectivity index (χ1v) is 3.78. The molecule has 1 nitrogen and oxygen atoms in total. The molecule has 1 aromatic rings. The van der Waals surface area contributed by atoms with Crippen molar-refractivity contribution in [2.75, 3.05) is 0 Å². The predicted molar refractivity (Wildman–Crippen MR) is 51.6 cm³/mol. The van der Waals surface area contributed by atoms with Crippen molar-refractivity contribution in [1.29, 1.82) is 0 Å². The highest BCUT2D eigenvalue weighted by atomic mass is 35.5. The number of hydrogen-bond donors (Lipinski definition) is 1. The minimum absolute atomic E-state index is 0. The Morgan fingerprint density at radius 2 is 1.92 bits per heavy atom. The standard InChI is InChI=1S/C8H8ClF2N.ClH/c9-6-3-1-2-5(4-6)7(12)8(10)11;/h1-4,7-8H,12H2;1H/t7-;/m1./s1. The third-order valence-corrected chi connectivity index (χ3v) is 1.74. The molecule has 0 radical (unpaired) electrons. The average molecular weight is 228 g/mol. The molecule has 0 amide bonds. The van der Waals surface area contributed by atoms with Crippen LogP contribution in [0.4, 0.5) is 8.78 Å². The van der Waals surface area contributed by atoms with Crippen molar-refractivity contribution in [2.24, 2.45) is 5.73 Å². The molecule has 0 bridgehead atoms. The lowest BCUT2D eigenvalue weighted by Gasteiger charge is -2.10. The summed E-state index contributed by atoms with van der Waals surface area (Å²) in [5.74, 6) is 0. The Balaban J connectivity index is 0.00000144. The summed E-state index contributed by atoms with van der Waals surface area (Å²) >= 11 is 5.59. The van der Waals surface area contributed by atoms with Gasteiger partial charge in [0.05, 0.1) is 6.04 Å². The van der Waals surface area contributed by atoms with Crippen LogP contribution in [0, 0.1) is 0 Å². The van der Waals surface area contributed by atoms with Gasteiger partial charge in [0.2, 0.25) is 0 Å². The topological polar surface area (TPSA) is 26.0 Å². The van der Waals surface area contributed by atoms with E-state index in [0.29, 0.717) is 10.6 Å². The van der Waals surface area contributed by atoms with E-state index in [9.17, 15) is 8.78 Å². The number of hydrogen-bond acceptors (Lipinski definition) is 1. The second kappa shape index (κ2) is 5.37. The summed E-state index contributed by atoms with van der Waals surface area (Å²) in [6.07, 6.45) is -2.55. The van der Waals surface area contributed by atoms with Crippen molar-refractivity contribution in [2.45, 2.75) is 12.5 Å². The second-order valence-electron chi connectivity index (χ2n) is 2.42. The Morgan fingerprint density at radius 1 is 1.31 bits per heavy atom. The van der Waals surface area contributed by atoms with Gasteiger partial charge in [-0.3, -0.25) is 0 Å². The molecular weight excluding hydrogens is 219 g/mol. The molecule has 0 aliphatic rings. The van der Waals surface area contributed by atoms with Gasteiger partial charge in [-0.2, -0.15) is 0 Å². The van der Waals surface area contributed by atoms with Crippen molar-refractivity contribution in [3.8, 4) is 0 Å². The van der Waals surface area contributed by atoms with Crippen LogP contribution < -0.4 is 5.73 Å². The summed E-state index contributed by atoms with van der Waals surface area (Å²) in [6.45, 7) is 0. The van der Waals surface area contributed by atoms with Crippen LogP contribution in [0.25, 0.3) is 0 Å². The lowest BCUT2D eigenvalue weighted by atomic mass is 10.1. The maximum absolute atomic E-state index is 12.1. The summed E-state index contributed by atoms with van der Waals surface area (Å²) in [5, 5.41) is 0.420. The van der Waals surface area contributed by atoms with Gasteiger partial charge >= 0.3 is 0 Å². The van der Waals surface area contributed by atoms with E-state index >= 15 is 0 Å². The van der Waals surface area contributed by atoms with Crippen molar-refractivity contribution in [1.82, 2.24) is 0 Å². The van der Waals surface area contributed by atoms with Gasteiger partial charge in [0.25, 0.3) is 6.43 Å². The number of benzene rings is 1. The predicted octanol–water partition coefficient (Wildman–Crippen LogP) is 3.03. The minimum atomic E-state index is -2.55. The first-order valence-electron chi connectivity index (χ1n) is 3.40. The number of halogens is 4. The zero-order valence-corrected chi connectivity index (χ0v) is 8.16. The van der Waals surface area contributed by atoms with E-state index in [4.69, 9.17) is 17.3 Å². The summed E-state index contributed by atoms with van der Waals surface area (Å²) < 4.78 is 24.2. The molecule has 0 spiro atoms. The summed E-state index contributed by atoms with van der Waals surface area (Å²) in [7, 11) is 0. The molecule has 0 saturated heterocycles. The van der Waals surface area contributed by atoms with Gasteiger partial charge < -0.3 is 5.73 Å². The highest BCUT2D eigenvalue weighted by Crippen LogP contribution is 2.20. The molecule has 5 heteroatoms. The van der Waals surface area contributed by atoms with Crippen molar-refractivity contribution < 1.29 is 8.78 Å². The van der Waals surface area contributed by atoms with Crippen molar-refractivity contribution in [3.05, 3.63) is 34.9 Å². The highest BCUT2D eigenvalue weighted by Gasteiger charge is 2.16. The van der Waals surface area contributed by atoms with E-state index in [0.717, 1.165) is 0 Å². The molecule has 2 N–H and O–H groups in total. The van der Waals surface area contributed by atoms with Gasteiger partial charge in [-0.1, -0.05) is 23.7 Å². The zero-order chi connectivity index (χ0) is 9.14. The molecule has 0 fully saturated rings. The van der Waals surface area contributed by atoms with Crippen molar-refractivity contribution >= 4 is 24.0 Å². The fraction of sp³-hybridized carbons (Fsp3) is 0.250. The maximum atomic E-state index is 12.1. The second-order valence-corrected chi connectivity index (χ2v) is 2.85. The Hall–Kier alpha value is -0.380. The molecule has 1 rings (SSSR count). The minimum Gasteiger partial charge on any atom is -0.319 e. The molecule has 1 atom stereocenters. The Labute approximate surface area is 86.3 Å². The SMILES string of the molecule is Cl.N[C@H](c1cccc(Cl)c1)C(F)F. The van der Waals surface area contributed by atoms with E-state index < -0.39 is 12.5 Å². The van der Waals surface area contributed by atoms with Gasteiger partial charge in [0, 0.05) is 5.02 Å². The van der Waals surface area contributed by atoms with Crippen LogP contribution in [0.1, 0.15) is 11.6 Å². The molecule has 0 aliphatic carbocycles. The quantitative estimate of drug-likeness (QED) is 0.827. The van der Waals surface area contributed by atoms with Crippen LogP contribution in [-0.4, -0.2) is 6.43 Å². The molecular formula is C8H9Cl2F2N. The monoisotopic (exact) mass is 227 g/mol. The van der Waals surface area contributed by atoms with Gasteiger partial charge in [-0.05, 0) is 17.7 Å². The number of nitrogens with two attached hydrogens (primary N) is 1. The lowest BCUT2D eigenvalue weighted by Crippen LogP contribution is -2.18. The van der Waals surface area contributed by atoms with E-state index in [1.165, 1.54) is 12.1 Å². The molecule has 0 aliphatic heterocycles. The third kappa shape index (κ3) is 3.46.